The fourth-order valence-corrected chi connectivity index (χ4v) is 2.09. The molecule has 18 heavy (non-hydrogen) atoms. The quantitative estimate of drug-likeness (QED) is 0.731. The van der Waals surface area contributed by atoms with Crippen molar-refractivity contribution in [1.82, 2.24) is 4.90 Å². The van der Waals surface area contributed by atoms with Gasteiger partial charge in [-0.3, -0.25) is 4.79 Å². The van der Waals surface area contributed by atoms with E-state index in [1.54, 1.807) is 4.90 Å². The van der Waals surface area contributed by atoms with Crippen LogP contribution in [0.5, 0.6) is 0 Å². The Kier molecular flexibility index (Phi) is 3.66. The summed E-state index contributed by atoms with van der Waals surface area (Å²) in [7, 11) is 0. The number of anilines is 2. The van der Waals surface area contributed by atoms with Crippen molar-refractivity contribution in [3.8, 4) is 0 Å². The highest BCUT2D eigenvalue weighted by molar-refractivity contribution is 5.77. The number of halogens is 1. The van der Waals surface area contributed by atoms with Crippen molar-refractivity contribution in [3.05, 3.63) is 24.0 Å². The molecule has 98 valence electrons. The largest absolute Gasteiger partial charge is 0.397 e. The fourth-order valence-electron chi connectivity index (χ4n) is 2.09. The molecule has 2 rings (SSSR count). The predicted molar refractivity (Wildman–Crippen MR) is 66.7 cm³/mol. The summed E-state index contributed by atoms with van der Waals surface area (Å²) in [5, 5.41) is 8.78. The number of rotatable bonds is 2. The number of carbonyl (C=O) groups excluding carboxylic acids is 1. The van der Waals surface area contributed by atoms with Crippen LogP contribution in [0.15, 0.2) is 18.2 Å². The van der Waals surface area contributed by atoms with Crippen LogP contribution in [0.2, 0.25) is 0 Å². The molecule has 0 saturated carbocycles. The smallest absolute Gasteiger partial charge is 0.248 e. The molecular formula is C12H16FN3O2. The molecule has 0 bridgehead atoms. The Hall–Kier alpha value is -1.82. The van der Waals surface area contributed by atoms with E-state index >= 15 is 0 Å². The first-order valence-corrected chi connectivity index (χ1v) is 5.80. The van der Waals surface area contributed by atoms with Crippen LogP contribution in [0, 0.1) is 5.82 Å². The van der Waals surface area contributed by atoms with Crippen LogP contribution in [-0.2, 0) is 4.79 Å². The Morgan fingerprint density at radius 3 is 2.61 bits per heavy atom. The molecule has 1 aliphatic heterocycles. The lowest BCUT2D eigenvalue weighted by Crippen LogP contribution is -2.49. The third-order valence-electron chi connectivity index (χ3n) is 3.10. The van der Waals surface area contributed by atoms with Crippen LogP contribution in [-0.4, -0.2) is 48.7 Å². The summed E-state index contributed by atoms with van der Waals surface area (Å²) in [5.41, 5.74) is 7.00. The lowest BCUT2D eigenvalue weighted by Gasteiger charge is -2.36. The van der Waals surface area contributed by atoms with Crippen LogP contribution in [0.1, 0.15) is 0 Å². The molecule has 0 aromatic heterocycles. The highest BCUT2D eigenvalue weighted by Crippen LogP contribution is 2.25. The number of hydrogen-bond donors (Lipinski definition) is 2. The summed E-state index contributed by atoms with van der Waals surface area (Å²) >= 11 is 0. The maximum absolute atomic E-state index is 13.2. The van der Waals surface area contributed by atoms with E-state index in [9.17, 15) is 9.18 Å². The molecule has 1 saturated heterocycles. The third-order valence-corrected chi connectivity index (χ3v) is 3.10. The van der Waals surface area contributed by atoms with Crippen molar-refractivity contribution in [2.75, 3.05) is 43.4 Å². The van der Waals surface area contributed by atoms with Gasteiger partial charge in [-0.1, -0.05) is 0 Å². The predicted octanol–water partition coefficient (Wildman–Crippen LogP) is 0.0488. The number of nitrogens with zero attached hydrogens (tertiary/aromatic N) is 2. The van der Waals surface area contributed by atoms with E-state index in [1.807, 2.05) is 4.90 Å². The van der Waals surface area contributed by atoms with Crippen molar-refractivity contribution in [3.63, 3.8) is 0 Å². The molecule has 5 nitrogen and oxygen atoms in total. The summed E-state index contributed by atoms with van der Waals surface area (Å²) in [5.74, 6) is -0.602. The highest BCUT2D eigenvalue weighted by Gasteiger charge is 2.21. The van der Waals surface area contributed by atoms with E-state index in [0.29, 0.717) is 37.6 Å². The summed E-state index contributed by atoms with van der Waals surface area (Å²) < 4.78 is 13.2. The van der Waals surface area contributed by atoms with Gasteiger partial charge < -0.3 is 20.6 Å². The van der Waals surface area contributed by atoms with Gasteiger partial charge in [-0.25, -0.2) is 4.39 Å². The molecule has 0 aliphatic carbocycles. The number of aliphatic hydroxyl groups is 1. The zero-order chi connectivity index (χ0) is 13.1. The van der Waals surface area contributed by atoms with Gasteiger partial charge in [0.1, 0.15) is 12.4 Å². The molecule has 1 fully saturated rings. The van der Waals surface area contributed by atoms with Crippen molar-refractivity contribution in [2.45, 2.75) is 0 Å². The number of piperazine rings is 1. The molecule has 1 aromatic carbocycles. The van der Waals surface area contributed by atoms with Crippen molar-refractivity contribution < 1.29 is 14.3 Å². The maximum Gasteiger partial charge on any atom is 0.248 e. The number of benzene rings is 1. The van der Waals surface area contributed by atoms with E-state index in [1.165, 1.54) is 18.2 Å². The van der Waals surface area contributed by atoms with Gasteiger partial charge in [0.2, 0.25) is 5.91 Å². The van der Waals surface area contributed by atoms with Gasteiger partial charge >= 0.3 is 0 Å². The molecule has 0 radical (unpaired) electrons. The summed E-state index contributed by atoms with van der Waals surface area (Å²) in [6.07, 6.45) is 0. The molecule has 1 aliphatic rings. The monoisotopic (exact) mass is 253 g/mol. The van der Waals surface area contributed by atoms with E-state index in [0.717, 1.165) is 0 Å². The van der Waals surface area contributed by atoms with Crippen molar-refractivity contribution in [1.29, 1.82) is 0 Å². The molecule has 0 spiro atoms. The second kappa shape index (κ2) is 5.22. The lowest BCUT2D eigenvalue weighted by molar-refractivity contribution is -0.134. The SMILES string of the molecule is Nc1ccc(F)cc1N1CCN(C(=O)CO)CC1. The standard InChI is InChI=1S/C12H16FN3O2/c13-9-1-2-10(14)11(7-9)15-3-5-16(6-4-15)12(18)8-17/h1-2,7,17H,3-6,8,14H2. The molecular weight excluding hydrogens is 237 g/mol. The average molecular weight is 253 g/mol. The number of hydrogen-bond acceptors (Lipinski definition) is 4. The first-order valence-electron chi connectivity index (χ1n) is 5.80. The third kappa shape index (κ3) is 2.53. The first kappa shape index (κ1) is 12.6. The summed E-state index contributed by atoms with van der Waals surface area (Å²) in [6.45, 7) is 1.71. The van der Waals surface area contributed by atoms with Crippen LogP contribution < -0.4 is 10.6 Å². The van der Waals surface area contributed by atoms with Crippen molar-refractivity contribution >= 4 is 17.3 Å². The van der Waals surface area contributed by atoms with E-state index in [-0.39, 0.29) is 11.7 Å². The number of nitrogen functional groups attached to an aromatic ring is 1. The Balaban J connectivity index is 2.05. The zero-order valence-corrected chi connectivity index (χ0v) is 9.97. The Bertz CT molecular complexity index is 445. The number of carbonyl (C=O) groups is 1. The molecule has 1 aromatic rings. The minimum absolute atomic E-state index is 0.276. The van der Waals surface area contributed by atoms with E-state index in [4.69, 9.17) is 10.8 Å². The number of nitrogens with two attached hydrogens (primary N) is 1. The molecule has 1 amide bonds. The highest BCUT2D eigenvalue weighted by atomic mass is 19.1. The van der Waals surface area contributed by atoms with E-state index < -0.39 is 6.61 Å². The van der Waals surface area contributed by atoms with Gasteiger partial charge in [0.25, 0.3) is 0 Å². The topological polar surface area (TPSA) is 69.8 Å². The molecule has 6 heteroatoms. The van der Waals surface area contributed by atoms with Gasteiger partial charge in [0, 0.05) is 26.2 Å². The first-order chi connectivity index (χ1) is 8.61. The minimum Gasteiger partial charge on any atom is -0.397 e. The minimum atomic E-state index is -0.470. The van der Waals surface area contributed by atoms with E-state index in [2.05, 4.69) is 0 Å². The van der Waals surface area contributed by atoms with Gasteiger partial charge in [0.15, 0.2) is 0 Å². The zero-order valence-electron chi connectivity index (χ0n) is 9.97. The Morgan fingerprint density at radius 1 is 1.33 bits per heavy atom. The lowest BCUT2D eigenvalue weighted by atomic mass is 10.2. The summed E-state index contributed by atoms with van der Waals surface area (Å²) in [4.78, 5) is 14.8. The summed E-state index contributed by atoms with van der Waals surface area (Å²) in [6, 6.07) is 4.26. The van der Waals surface area contributed by atoms with Gasteiger partial charge in [-0.05, 0) is 18.2 Å². The van der Waals surface area contributed by atoms with Gasteiger partial charge in [0.05, 0.1) is 11.4 Å². The molecule has 1 heterocycles. The van der Waals surface area contributed by atoms with Gasteiger partial charge in [-0.2, -0.15) is 0 Å². The van der Waals surface area contributed by atoms with Crippen LogP contribution in [0.25, 0.3) is 0 Å². The second-order valence-corrected chi connectivity index (χ2v) is 4.23. The van der Waals surface area contributed by atoms with Crippen LogP contribution in [0.3, 0.4) is 0 Å². The van der Waals surface area contributed by atoms with Crippen molar-refractivity contribution in [2.24, 2.45) is 0 Å². The molecule has 0 unspecified atom stereocenters. The van der Waals surface area contributed by atoms with Crippen LogP contribution in [0.4, 0.5) is 15.8 Å². The Labute approximate surface area is 105 Å². The maximum atomic E-state index is 13.2. The second-order valence-electron chi connectivity index (χ2n) is 4.23. The molecule has 0 atom stereocenters. The number of aliphatic hydroxyl groups excluding tert-OH is 1. The Morgan fingerprint density at radius 2 is 2.00 bits per heavy atom. The normalized spacial score (nSPS) is 15.9. The van der Waals surface area contributed by atoms with Gasteiger partial charge in [-0.15, -0.1) is 0 Å². The fraction of sp³-hybridized carbons (Fsp3) is 0.417. The number of amides is 1. The molecule has 3 N–H and O–H groups in total. The average Bonchev–Trinajstić information content (AvgIpc) is 2.41. The van der Waals surface area contributed by atoms with Crippen LogP contribution >= 0.6 is 0 Å².